The van der Waals surface area contributed by atoms with Gasteiger partial charge < -0.3 is 23.8 Å². The highest BCUT2D eigenvalue weighted by Gasteiger charge is 2.36. The first kappa shape index (κ1) is 36.7. The van der Waals surface area contributed by atoms with E-state index in [1.54, 1.807) is 7.11 Å². The van der Waals surface area contributed by atoms with Crippen LogP contribution >= 0.6 is 0 Å². The van der Waals surface area contributed by atoms with Gasteiger partial charge in [-0.25, -0.2) is 4.98 Å². The van der Waals surface area contributed by atoms with E-state index in [-0.39, 0.29) is 6.79 Å². The van der Waals surface area contributed by atoms with Gasteiger partial charge in [-0.1, -0.05) is 82.5 Å². The summed E-state index contributed by atoms with van der Waals surface area (Å²) in [5.74, 6) is 3.63. The van der Waals surface area contributed by atoms with Gasteiger partial charge >= 0.3 is 0 Å². The molecule has 0 amide bonds. The Morgan fingerprint density at radius 3 is 2.10 bits per heavy atom. The number of fused-ring (bicyclic) bond motifs is 3. The molecular weight excluding hydrogens is 659 g/mol. The number of benzene rings is 1. The zero-order valence-electron chi connectivity index (χ0n) is 31.3. The Bertz CT molecular complexity index is 1670. The molecule has 2 aliphatic carbocycles. The second kappa shape index (κ2) is 16.1. The maximum atomic E-state index is 6.39. The van der Waals surface area contributed by atoms with Gasteiger partial charge in [0.25, 0.3) is 0 Å². The lowest BCUT2D eigenvalue weighted by Gasteiger charge is -2.30. The fraction of sp³-hybridized carbons (Fsp3) is 0.564. The number of hydrogen-bond acceptors (Lipinski definition) is 8. The highest BCUT2D eigenvalue weighted by molar-refractivity contribution is 6.76. The number of aromatic nitrogens is 4. The number of ether oxygens (including phenoxy) is 4. The van der Waals surface area contributed by atoms with Gasteiger partial charge in [-0.3, -0.25) is 4.98 Å². The highest BCUT2D eigenvalue weighted by atomic mass is 28.3. The first-order valence-corrected chi connectivity index (χ1v) is 25.9. The van der Waals surface area contributed by atoms with Crippen LogP contribution in [-0.4, -0.2) is 76.3 Å². The molecule has 0 spiro atoms. The van der Waals surface area contributed by atoms with E-state index in [0.717, 1.165) is 76.7 Å². The standard InChI is InChI=1S/C39H57N5O4Si2/c1-45-28-48-36-22-33(24-40-38(36)31-11-9-8-10-12-31)34-25-41-44-37(23-35(42-39(34)44)32-20-29-13-14-30(19-29)21-32)43(26-46-15-17-49(2,3)4)27-47-16-18-50(5,6)7/h8-12,22-25,29-30,32H,13-21,26-28H2,1-7H3/t29-,30+,32?. The molecule has 270 valence electrons. The van der Waals surface area contributed by atoms with E-state index in [2.05, 4.69) is 50.2 Å². The van der Waals surface area contributed by atoms with Crippen LogP contribution in [0.3, 0.4) is 0 Å². The molecular formula is C39H57N5O4Si2. The number of nitrogens with zero attached hydrogens (tertiary/aromatic N) is 5. The van der Waals surface area contributed by atoms with Crippen LogP contribution < -0.4 is 9.64 Å². The summed E-state index contributed by atoms with van der Waals surface area (Å²) in [6.07, 6.45) is 10.3. The van der Waals surface area contributed by atoms with Crippen molar-refractivity contribution in [2.75, 3.05) is 45.5 Å². The summed E-state index contributed by atoms with van der Waals surface area (Å²) in [4.78, 5) is 12.5. The Hall–Kier alpha value is -3.10. The topological polar surface area (TPSA) is 83.2 Å². The summed E-state index contributed by atoms with van der Waals surface area (Å²) in [6, 6.07) is 16.6. The molecule has 0 radical (unpaired) electrons. The minimum absolute atomic E-state index is 0.126. The molecule has 50 heavy (non-hydrogen) atoms. The van der Waals surface area contributed by atoms with Crippen molar-refractivity contribution in [1.29, 1.82) is 0 Å². The van der Waals surface area contributed by atoms with Gasteiger partial charge in [-0.2, -0.15) is 9.61 Å². The van der Waals surface area contributed by atoms with E-state index in [0.29, 0.717) is 25.1 Å². The SMILES string of the molecule is COCOc1cc(-c2cnn3c(N(COCC[Si](C)(C)C)COCC[Si](C)(C)C)cc(C4C[C@H]5CC[C@@H](C4)C5)nc23)cnc1-c1ccccc1. The fourth-order valence-electron chi connectivity index (χ4n) is 7.27. The van der Waals surface area contributed by atoms with Crippen LogP contribution in [0.25, 0.3) is 28.0 Å². The molecule has 3 heterocycles. The molecule has 2 aliphatic rings. The van der Waals surface area contributed by atoms with Crippen LogP contribution in [0.5, 0.6) is 5.75 Å². The Morgan fingerprint density at radius 2 is 1.48 bits per heavy atom. The summed E-state index contributed by atoms with van der Waals surface area (Å²) in [7, 11) is -0.847. The van der Waals surface area contributed by atoms with E-state index < -0.39 is 16.1 Å². The zero-order valence-corrected chi connectivity index (χ0v) is 33.3. The van der Waals surface area contributed by atoms with E-state index >= 15 is 0 Å². The molecule has 4 aromatic rings. The Balaban J connectivity index is 1.40. The molecule has 3 atom stereocenters. The van der Waals surface area contributed by atoms with Gasteiger partial charge in [0, 0.05) is 77.0 Å². The molecule has 0 saturated heterocycles. The summed E-state index contributed by atoms with van der Waals surface area (Å²) in [6.45, 7) is 16.8. The zero-order chi connectivity index (χ0) is 35.3. The second-order valence-corrected chi connectivity index (χ2v) is 28.0. The van der Waals surface area contributed by atoms with Crippen molar-refractivity contribution in [3.8, 4) is 28.1 Å². The first-order chi connectivity index (χ1) is 24.0. The molecule has 0 N–H and O–H groups in total. The molecule has 11 heteroatoms. The largest absolute Gasteiger partial charge is 0.465 e. The predicted molar refractivity (Wildman–Crippen MR) is 207 cm³/mol. The van der Waals surface area contributed by atoms with Gasteiger partial charge in [0.05, 0.1) is 6.20 Å². The third-order valence-electron chi connectivity index (χ3n) is 10.1. The fourth-order valence-corrected chi connectivity index (χ4v) is 8.78. The van der Waals surface area contributed by atoms with Gasteiger partial charge in [0.15, 0.2) is 12.4 Å². The Morgan fingerprint density at radius 1 is 0.820 bits per heavy atom. The van der Waals surface area contributed by atoms with Crippen LogP contribution in [0.4, 0.5) is 5.82 Å². The normalized spacial score (nSPS) is 19.3. The van der Waals surface area contributed by atoms with Gasteiger partial charge in [-0.05, 0) is 49.3 Å². The molecule has 3 aromatic heterocycles. The first-order valence-electron chi connectivity index (χ1n) is 18.4. The van der Waals surface area contributed by atoms with Crippen LogP contribution in [-0.2, 0) is 14.2 Å². The van der Waals surface area contributed by atoms with Gasteiger partial charge in [0.2, 0.25) is 0 Å². The number of hydrogen-bond donors (Lipinski definition) is 0. The second-order valence-electron chi connectivity index (χ2n) is 16.8. The smallest absolute Gasteiger partial charge is 0.188 e. The van der Waals surface area contributed by atoms with Crippen LogP contribution in [0, 0.1) is 11.8 Å². The van der Waals surface area contributed by atoms with E-state index in [1.807, 2.05) is 53.3 Å². The molecule has 2 saturated carbocycles. The minimum atomic E-state index is -1.24. The molecule has 9 nitrogen and oxygen atoms in total. The Labute approximate surface area is 300 Å². The summed E-state index contributed by atoms with van der Waals surface area (Å²) in [5, 5.41) is 4.97. The van der Waals surface area contributed by atoms with Crippen LogP contribution in [0.1, 0.15) is 43.7 Å². The van der Waals surface area contributed by atoms with Crippen LogP contribution in [0.2, 0.25) is 51.4 Å². The molecule has 2 fully saturated rings. The number of methoxy groups -OCH3 is 1. The Kier molecular flexibility index (Phi) is 11.8. The molecule has 1 aromatic carbocycles. The number of pyridine rings is 1. The molecule has 0 aliphatic heterocycles. The average Bonchev–Trinajstić information content (AvgIpc) is 3.67. The highest BCUT2D eigenvalue weighted by Crippen LogP contribution is 2.48. The summed E-state index contributed by atoms with van der Waals surface area (Å²) >= 11 is 0. The van der Waals surface area contributed by atoms with Crippen molar-refractivity contribution in [2.24, 2.45) is 11.8 Å². The summed E-state index contributed by atoms with van der Waals surface area (Å²) < 4.78 is 26.1. The summed E-state index contributed by atoms with van der Waals surface area (Å²) in [5.41, 5.74) is 5.53. The minimum Gasteiger partial charge on any atom is -0.465 e. The molecule has 6 rings (SSSR count). The third kappa shape index (κ3) is 9.41. The van der Waals surface area contributed by atoms with Crippen molar-refractivity contribution in [2.45, 2.75) is 89.4 Å². The molecule has 1 unspecified atom stereocenters. The monoisotopic (exact) mass is 715 g/mol. The molecule has 2 bridgehead atoms. The van der Waals surface area contributed by atoms with Crippen LogP contribution in [0.15, 0.2) is 54.9 Å². The van der Waals surface area contributed by atoms with Gasteiger partial charge in [0.1, 0.15) is 30.7 Å². The van der Waals surface area contributed by atoms with E-state index in [1.165, 1.54) is 32.1 Å². The lowest BCUT2D eigenvalue weighted by Crippen LogP contribution is -2.33. The number of rotatable bonds is 17. The van der Waals surface area contributed by atoms with E-state index in [4.69, 9.17) is 34.0 Å². The lowest BCUT2D eigenvalue weighted by atomic mass is 9.79. The van der Waals surface area contributed by atoms with Crippen molar-refractivity contribution < 1.29 is 18.9 Å². The van der Waals surface area contributed by atoms with Gasteiger partial charge in [-0.15, -0.1) is 0 Å². The number of anilines is 1. The van der Waals surface area contributed by atoms with Crippen molar-refractivity contribution in [3.05, 3.63) is 60.6 Å². The average molecular weight is 716 g/mol. The van der Waals surface area contributed by atoms with Crippen molar-refractivity contribution in [3.63, 3.8) is 0 Å². The van der Waals surface area contributed by atoms with E-state index in [9.17, 15) is 0 Å². The maximum Gasteiger partial charge on any atom is 0.188 e. The van der Waals surface area contributed by atoms with Crippen molar-refractivity contribution in [1.82, 2.24) is 19.6 Å². The van der Waals surface area contributed by atoms with Crippen molar-refractivity contribution >= 4 is 27.6 Å². The maximum absolute atomic E-state index is 6.39. The predicted octanol–water partition coefficient (Wildman–Crippen LogP) is 9.17. The lowest BCUT2D eigenvalue weighted by molar-refractivity contribution is 0.0513. The third-order valence-corrected chi connectivity index (χ3v) is 13.5. The quantitative estimate of drug-likeness (QED) is 0.0608.